The number of benzene rings is 2. The average Bonchev–Trinajstić information content (AvgIpc) is 2.77. The van der Waals surface area contributed by atoms with E-state index in [9.17, 15) is 4.79 Å². The summed E-state index contributed by atoms with van der Waals surface area (Å²) in [5.41, 5.74) is 1.91. The van der Waals surface area contributed by atoms with Crippen LogP contribution >= 0.6 is 0 Å². The fraction of sp³-hybridized carbons (Fsp3) is 0.235. The van der Waals surface area contributed by atoms with Gasteiger partial charge in [-0.25, -0.2) is 0 Å². The van der Waals surface area contributed by atoms with Crippen LogP contribution in [0, 0.1) is 0 Å². The molecule has 0 radical (unpaired) electrons. The third kappa shape index (κ3) is 2.03. The predicted octanol–water partition coefficient (Wildman–Crippen LogP) is 3.63. The minimum Gasteiger partial charge on any atom is -0.456 e. The molecule has 0 N–H and O–H groups in total. The summed E-state index contributed by atoms with van der Waals surface area (Å²) in [6, 6.07) is 20.1. The molecule has 2 heteroatoms. The summed E-state index contributed by atoms with van der Waals surface area (Å²) in [4.78, 5) is 11.8. The summed E-state index contributed by atoms with van der Waals surface area (Å²) in [7, 11) is 0. The Labute approximate surface area is 113 Å². The third-order valence-electron chi connectivity index (χ3n) is 3.88. The Balaban J connectivity index is 2.06. The van der Waals surface area contributed by atoms with Crippen LogP contribution in [0.1, 0.15) is 30.6 Å². The summed E-state index contributed by atoms with van der Waals surface area (Å²) < 4.78 is 5.58. The van der Waals surface area contributed by atoms with Crippen molar-refractivity contribution in [2.45, 2.75) is 24.9 Å². The first-order valence-electron chi connectivity index (χ1n) is 6.50. The van der Waals surface area contributed by atoms with E-state index in [0.717, 1.165) is 11.1 Å². The summed E-state index contributed by atoms with van der Waals surface area (Å²) >= 11 is 0. The lowest BCUT2D eigenvalue weighted by Crippen LogP contribution is -2.25. The van der Waals surface area contributed by atoms with Gasteiger partial charge in [-0.15, -0.1) is 0 Å². The first-order valence-corrected chi connectivity index (χ1v) is 6.50. The summed E-state index contributed by atoms with van der Waals surface area (Å²) in [5, 5.41) is 0. The van der Waals surface area contributed by atoms with Gasteiger partial charge in [0.25, 0.3) is 0 Å². The van der Waals surface area contributed by atoms with E-state index in [1.807, 2.05) is 48.5 Å². The average molecular weight is 252 g/mol. The number of rotatable bonds is 2. The molecule has 96 valence electrons. The second-order valence-electron chi connectivity index (χ2n) is 5.24. The Kier molecular flexibility index (Phi) is 2.86. The second kappa shape index (κ2) is 4.54. The molecule has 0 aromatic heterocycles. The Morgan fingerprint density at radius 2 is 1.58 bits per heavy atom. The molecule has 0 saturated carbocycles. The SMILES string of the molecule is C[C@]1(c2ccccc2)CC(=O)O[C@H]1c1ccccc1. The van der Waals surface area contributed by atoms with Crippen LogP contribution < -0.4 is 0 Å². The van der Waals surface area contributed by atoms with Gasteiger partial charge in [-0.2, -0.15) is 0 Å². The van der Waals surface area contributed by atoms with Gasteiger partial charge in [-0.05, 0) is 11.1 Å². The summed E-state index contributed by atoms with van der Waals surface area (Å²) in [5.74, 6) is -0.125. The van der Waals surface area contributed by atoms with Crippen LogP contribution in [0.5, 0.6) is 0 Å². The van der Waals surface area contributed by atoms with Crippen molar-refractivity contribution in [1.29, 1.82) is 0 Å². The predicted molar refractivity (Wildman–Crippen MR) is 73.7 cm³/mol. The molecule has 2 atom stereocenters. The molecule has 1 aliphatic rings. The van der Waals surface area contributed by atoms with Crippen LogP contribution in [0.2, 0.25) is 0 Å². The number of ether oxygens (including phenoxy) is 1. The van der Waals surface area contributed by atoms with E-state index in [0.29, 0.717) is 6.42 Å². The first-order chi connectivity index (χ1) is 9.20. The van der Waals surface area contributed by atoms with Crippen LogP contribution in [0.15, 0.2) is 60.7 Å². The van der Waals surface area contributed by atoms with Gasteiger partial charge in [-0.3, -0.25) is 4.79 Å². The fourth-order valence-electron chi connectivity index (χ4n) is 2.83. The minimum absolute atomic E-state index is 0.125. The van der Waals surface area contributed by atoms with Gasteiger partial charge in [0.1, 0.15) is 6.10 Å². The van der Waals surface area contributed by atoms with E-state index in [1.54, 1.807) is 0 Å². The Hall–Kier alpha value is -2.09. The van der Waals surface area contributed by atoms with Gasteiger partial charge in [0.05, 0.1) is 6.42 Å². The molecule has 0 unspecified atom stereocenters. The fourth-order valence-corrected chi connectivity index (χ4v) is 2.83. The number of carbonyl (C=O) groups excluding carboxylic acids is 1. The van der Waals surface area contributed by atoms with Gasteiger partial charge < -0.3 is 4.74 Å². The van der Waals surface area contributed by atoms with Gasteiger partial charge in [-0.1, -0.05) is 67.6 Å². The van der Waals surface area contributed by atoms with Gasteiger partial charge in [0, 0.05) is 5.41 Å². The van der Waals surface area contributed by atoms with Crippen LogP contribution in [0.25, 0.3) is 0 Å². The molecule has 0 bridgehead atoms. The maximum Gasteiger partial charge on any atom is 0.307 e. The van der Waals surface area contributed by atoms with Gasteiger partial charge >= 0.3 is 5.97 Å². The zero-order valence-electron chi connectivity index (χ0n) is 10.9. The lowest BCUT2D eigenvalue weighted by atomic mass is 9.74. The number of hydrogen-bond acceptors (Lipinski definition) is 2. The molecule has 2 nitrogen and oxygen atoms in total. The second-order valence-corrected chi connectivity index (χ2v) is 5.24. The van der Waals surface area contributed by atoms with E-state index in [-0.39, 0.29) is 17.5 Å². The zero-order valence-corrected chi connectivity index (χ0v) is 10.9. The minimum atomic E-state index is -0.292. The topological polar surface area (TPSA) is 26.3 Å². The molecule has 1 heterocycles. The highest BCUT2D eigenvalue weighted by atomic mass is 16.6. The smallest absolute Gasteiger partial charge is 0.307 e. The van der Waals surface area contributed by atoms with E-state index in [1.165, 1.54) is 0 Å². The third-order valence-corrected chi connectivity index (χ3v) is 3.88. The standard InChI is InChI=1S/C17H16O2/c1-17(14-10-6-3-7-11-14)12-15(18)19-16(17)13-8-4-2-5-9-13/h2-11,16H,12H2,1H3/t16-,17+/m0/s1. The molecular weight excluding hydrogens is 236 g/mol. The molecule has 2 aromatic rings. The van der Waals surface area contributed by atoms with Crippen molar-refractivity contribution in [3.63, 3.8) is 0 Å². The zero-order chi connectivity index (χ0) is 13.3. The lowest BCUT2D eigenvalue weighted by Gasteiger charge is -2.29. The molecule has 19 heavy (non-hydrogen) atoms. The van der Waals surface area contributed by atoms with Gasteiger partial charge in [0.2, 0.25) is 0 Å². The first kappa shape index (κ1) is 12.0. The maximum absolute atomic E-state index is 11.8. The van der Waals surface area contributed by atoms with Crippen molar-refractivity contribution >= 4 is 5.97 Å². The lowest BCUT2D eigenvalue weighted by molar-refractivity contribution is -0.141. The number of hydrogen-bond donors (Lipinski definition) is 0. The van der Waals surface area contributed by atoms with Crippen LogP contribution in [-0.2, 0) is 14.9 Å². The highest BCUT2D eigenvalue weighted by Gasteiger charge is 2.47. The van der Waals surface area contributed by atoms with Crippen LogP contribution in [0.4, 0.5) is 0 Å². The number of cyclic esters (lactones) is 1. The molecule has 3 rings (SSSR count). The van der Waals surface area contributed by atoms with Crippen LogP contribution in [0.3, 0.4) is 0 Å². The largest absolute Gasteiger partial charge is 0.456 e. The van der Waals surface area contributed by atoms with E-state index in [4.69, 9.17) is 4.74 Å². The molecular formula is C17H16O2. The highest BCUT2D eigenvalue weighted by molar-refractivity contribution is 5.75. The molecule has 1 fully saturated rings. The number of esters is 1. The Morgan fingerprint density at radius 3 is 2.21 bits per heavy atom. The number of carbonyl (C=O) groups is 1. The van der Waals surface area contributed by atoms with Gasteiger partial charge in [0.15, 0.2) is 0 Å². The molecule has 2 aromatic carbocycles. The monoisotopic (exact) mass is 252 g/mol. The van der Waals surface area contributed by atoms with Crippen molar-refractivity contribution in [2.24, 2.45) is 0 Å². The van der Waals surface area contributed by atoms with Crippen molar-refractivity contribution in [1.82, 2.24) is 0 Å². The summed E-state index contributed by atoms with van der Waals surface area (Å²) in [6.45, 7) is 2.10. The van der Waals surface area contributed by atoms with Crippen molar-refractivity contribution in [3.8, 4) is 0 Å². The van der Waals surface area contributed by atoms with E-state index >= 15 is 0 Å². The summed E-state index contributed by atoms with van der Waals surface area (Å²) in [6.07, 6.45) is 0.222. The van der Waals surface area contributed by atoms with Crippen molar-refractivity contribution < 1.29 is 9.53 Å². The molecule has 1 saturated heterocycles. The van der Waals surface area contributed by atoms with Crippen LogP contribution in [-0.4, -0.2) is 5.97 Å². The Morgan fingerprint density at radius 1 is 1.00 bits per heavy atom. The van der Waals surface area contributed by atoms with E-state index < -0.39 is 0 Å². The molecule has 0 aliphatic carbocycles. The normalized spacial score (nSPS) is 26.2. The molecule has 0 spiro atoms. The Bertz CT molecular complexity index is 577. The van der Waals surface area contributed by atoms with E-state index in [2.05, 4.69) is 19.1 Å². The van der Waals surface area contributed by atoms with Crippen molar-refractivity contribution in [3.05, 3.63) is 71.8 Å². The highest BCUT2D eigenvalue weighted by Crippen LogP contribution is 2.47. The molecule has 0 amide bonds. The molecule has 1 aliphatic heterocycles. The maximum atomic E-state index is 11.8. The van der Waals surface area contributed by atoms with Crippen molar-refractivity contribution in [2.75, 3.05) is 0 Å². The quantitative estimate of drug-likeness (QED) is 0.763.